The van der Waals surface area contributed by atoms with Crippen molar-refractivity contribution in [3.8, 4) is 16.9 Å². The highest BCUT2D eigenvalue weighted by Crippen LogP contribution is 2.31. The standard InChI is InChI=1S/C22H26N2O/c1-14-11-12-17(13-16(14)3)24-21(25)19(22(4,5)6)20(23-24)18-10-8-7-9-15(18)2/h7-13,23H,1-6H3. The van der Waals surface area contributed by atoms with Crippen molar-refractivity contribution in [3.63, 3.8) is 0 Å². The first-order chi connectivity index (χ1) is 11.7. The molecule has 0 bridgehead atoms. The Morgan fingerprint density at radius 2 is 1.56 bits per heavy atom. The first-order valence-corrected chi connectivity index (χ1v) is 8.69. The quantitative estimate of drug-likeness (QED) is 0.699. The van der Waals surface area contributed by atoms with Gasteiger partial charge in [0.1, 0.15) is 0 Å². The molecule has 0 aliphatic rings. The molecule has 130 valence electrons. The number of rotatable bonds is 2. The van der Waals surface area contributed by atoms with Gasteiger partial charge < -0.3 is 0 Å². The summed E-state index contributed by atoms with van der Waals surface area (Å²) in [5, 5.41) is 3.38. The van der Waals surface area contributed by atoms with Crippen molar-refractivity contribution in [2.24, 2.45) is 0 Å². The fraction of sp³-hybridized carbons (Fsp3) is 0.318. The highest BCUT2D eigenvalue weighted by molar-refractivity contribution is 5.68. The molecule has 1 heterocycles. The maximum atomic E-state index is 13.2. The second-order valence-corrected chi connectivity index (χ2v) is 7.84. The minimum atomic E-state index is -0.254. The normalized spacial score (nSPS) is 11.8. The minimum Gasteiger partial charge on any atom is -0.290 e. The van der Waals surface area contributed by atoms with Gasteiger partial charge >= 0.3 is 0 Å². The summed E-state index contributed by atoms with van der Waals surface area (Å²) in [4.78, 5) is 13.2. The first kappa shape index (κ1) is 17.3. The molecule has 3 aromatic rings. The lowest BCUT2D eigenvalue weighted by Gasteiger charge is -2.18. The molecule has 0 atom stereocenters. The number of hydrogen-bond donors (Lipinski definition) is 1. The van der Waals surface area contributed by atoms with Crippen LogP contribution in [0.5, 0.6) is 0 Å². The second kappa shape index (κ2) is 6.07. The van der Waals surface area contributed by atoms with Gasteiger partial charge in [-0.25, -0.2) is 4.68 Å². The smallest absolute Gasteiger partial charge is 0.275 e. The Hall–Kier alpha value is -2.55. The van der Waals surface area contributed by atoms with Crippen molar-refractivity contribution < 1.29 is 0 Å². The zero-order valence-corrected chi connectivity index (χ0v) is 15.9. The fourth-order valence-corrected chi connectivity index (χ4v) is 3.23. The molecule has 0 aliphatic heterocycles. The lowest BCUT2D eigenvalue weighted by Crippen LogP contribution is -2.25. The largest absolute Gasteiger partial charge is 0.290 e. The maximum absolute atomic E-state index is 13.2. The summed E-state index contributed by atoms with van der Waals surface area (Å²) in [6.07, 6.45) is 0. The van der Waals surface area contributed by atoms with Crippen LogP contribution in [-0.4, -0.2) is 9.78 Å². The molecule has 0 saturated heterocycles. The zero-order valence-electron chi connectivity index (χ0n) is 15.9. The Morgan fingerprint density at radius 3 is 2.16 bits per heavy atom. The molecule has 0 unspecified atom stereocenters. The van der Waals surface area contributed by atoms with Crippen molar-refractivity contribution >= 4 is 0 Å². The van der Waals surface area contributed by atoms with Gasteiger partial charge in [0.15, 0.2) is 0 Å². The summed E-state index contributed by atoms with van der Waals surface area (Å²) in [6, 6.07) is 14.3. The predicted octanol–water partition coefficient (Wildman–Crippen LogP) is 5.06. The third kappa shape index (κ3) is 3.07. The molecule has 0 aliphatic carbocycles. The first-order valence-electron chi connectivity index (χ1n) is 8.69. The van der Waals surface area contributed by atoms with E-state index in [0.717, 1.165) is 28.1 Å². The molecular weight excluding hydrogens is 308 g/mol. The van der Waals surface area contributed by atoms with Crippen LogP contribution in [-0.2, 0) is 5.41 Å². The van der Waals surface area contributed by atoms with Gasteiger partial charge in [0.05, 0.1) is 16.9 Å². The number of H-pyrrole nitrogens is 1. The Bertz CT molecular complexity index is 984. The molecule has 0 fully saturated rings. The average molecular weight is 334 g/mol. The topological polar surface area (TPSA) is 37.8 Å². The van der Waals surface area contributed by atoms with E-state index in [0.29, 0.717) is 0 Å². The van der Waals surface area contributed by atoms with E-state index in [1.165, 1.54) is 11.1 Å². The molecule has 3 heteroatoms. The third-order valence-corrected chi connectivity index (χ3v) is 4.80. The molecule has 2 aromatic carbocycles. The van der Waals surface area contributed by atoms with Gasteiger partial charge in [-0.15, -0.1) is 0 Å². The molecule has 3 nitrogen and oxygen atoms in total. The van der Waals surface area contributed by atoms with E-state index in [1.54, 1.807) is 4.68 Å². The van der Waals surface area contributed by atoms with Crippen molar-refractivity contribution in [1.82, 2.24) is 9.78 Å². The van der Waals surface area contributed by atoms with Crippen LogP contribution in [0.2, 0.25) is 0 Å². The predicted molar refractivity (Wildman–Crippen MR) is 105 cm³/mol. The Labute approximate surface area is 149 Å². The van der Waals surface area contributed by atoms with Gasteiger partial charge in [-0.05, 0) is 55.0 Å². The Kier molecular flexibility index (Phi) is 4.19. The molecule has 0 saturated carbocycles. The number of nitrogens with one attached hydrogen (secondary N) is 1. The number of benzene rings is 2. The molecule has 1 aromatic heterocycles. The van der Waals surface area contributed by atoms with Crippen molar-refractivity contribution in [1.29, 1.82) is 0 Å². The van der Waals surface area contributed by atoms with Crippen LogP contribution in [0.3, 0.4) is 0 Å². The average Bonchev–Trinajstić information content (AvgIpc) is 2.88. The van der Waals surface area contributed by atoms with Gasteiger partial charge in [-0.2, -0.15) is 0 Å². The second-order valence-electron chi connectivity index (χ2n) is 7.84. The summed E-state index contributed by atoms with van der Waals surface area (Å²) in [5.41, 5.74) is 7.00. The molecule has 0 amide bonds. The molecule has 1 N–H and O–H groups in total. The number of aromatic amines is 1. The van der Waals surface area contributed by atoms with E-state index in [2.05, 4.69) is 70.9 Å². The fourth-order valence-electron chi connectivity index (χ4n) is 3.23. The zero-order chi connectivity index (χ0) is 18.4. The minimum absolute atomic E-state index is 0.0222. The van der Waals surface area contributed by atoms with Gasteiger partial charge in [0.2, 0.25) is 0 Å². The van der Waals surface area contributed by atoms with Gasteiger partial charge in [-0.1, -0.05) is 51.1 Å². The lowest BCUT2D eigenvalue weighted by atomic mass is 9.85. The van der Waals surface area contributed by atoms with E-state index in [-0.39, 0.29) is 11.0 Å². The number of aromatic nitrogens is 2. The summed E-state index contributed by atoms with van der Waals surface area (Å²) in [7, 11) is 0. The van der Waals surface area contributed by atoms with E-state index >= 15 is 0 Å². The van der Waals surface area contributed by atoms with Crippen molar-refractivity contribution in [2.45, 2.75) is 47.0 Å². The highest BCUT2D eigenvalue weighted by atomic mass is 16.1. The SMILES string of the molecule is Cc1ccc(-n2[nH]c(-c3ccccc3C)c(C(C)(C)C)c2=O)cc1C. The monoisotopic (exact) mass is 334 g/mol. The van der Waals surface area contributed by atoms with Crippen LogP contribution in [0.25, 0.3) is 16.9 Å². The van der Waals surface area contributed by atoms with E-state index in [1.807, 2.05) is 18.2 Å². The van der Waals surface area contributed by atoms with E-state index in [9.17, 15) is 4.79 Å². The van der Waals surface area contributed by atoms with E-state index in [4.69, 9.17) is 0 Å². The maximum Gasteiger partial charge on any atom is 0.275 e. The molecular formula is C22H26N2O. The van der Waals surface area contributed by atoms with Gasteiger partial charge in [0, 0.05) is 5.56 Å². The summed E-state index contributed by atoms with van der Waals surface area (Å²) >= 11 is 0. The summed E-state index contributed by atoms with van der Waals surface area (Å²) in [5.74, 6) is 0. The van der Waals surface area contributed by atoms with Crippen LogP contribution in [0, 0.1) is 20.8 Å². The third-order valence-electron chi connectivity index (χ3n) is 4.80. The van der Waals surface area contributed by atoms with Crippen LogP contribution in [0.4, 0.5) is 0 Å². The molecule has 3 rings (SSSR count). The van der Waals surface area contributed by atoms with Crippen molar-refractivity contribution in [2.75, 3.05) is 0 Å². The number of hydrogen-bond acceptors (Lipinski definition) is 1. The molecule has 25 heavy (non-hydrogen) atoms. The number of nitrogens with zero attached hydrogens (tertiary/aromatic N) is 1. The van der Waals surface area contributed by atoms with Gasteiger partial charge in [0.25, 0.3) is 5.56 Å². The Balaban J connectivity index is 2.32. The van der Waals surface area contributed by atoms with Crippen LogP contribution >= 0.6 is 0 Å². The highest BCUT2D eigenvalue weighted by Gasteiger charge is 2.27. The van der Waals surface area contributed by atoms with Crippen LogP contribution < -0.4 is 5.56 Å². The van der Waals surface area contributed by atoms with Crippen LogP contribution in [0.15, 0.2) is 47.3 Å². The van der Waals surface area contributed by atoms with Crippen molar-refractivity contribution in [3.05, 3.63) is 75.1 Å². The summed E-state index contributed by atoms with van der Waals surface area (Å²) < 4.78 is 1.68. The van der Waals surface area contributed by atoms with Crippen LogP contribution in [0.1, 0.15) is 43.0 Å². The Morgan fingerprint density at radius 1 is 0.880 bits per heavy atom. The number of aryl methyl sites for hydroxylation is 3. The summed E-state index contributed by atoms with van der Waals surface area (Å²) in [6.45, 7) is 12.5. The van der Waals surface area contributed by atoms with Gasteiger partial charge in [-0.3, -0.25) is 9.89 Å². The lowest BCUT2D eigenvalue weighted by molar-refractivity contribution is 0.586. The molecule has 0 radical (unpaired) electrons. The van der Waals surface area contributed by atoms with E-state index < -0.39 is 0 Å². The molecule has 0 spiro atoms.